The molecule has 5 rings (SSSR count). The number of fused-ring (bicyclic) bond motifs is 1. The van der Waals surface area contributed by atoms with Gasteiger partial charge in [0.05, 0.1) is 53.2 Å². The Hall–Kier alpha value is -4.85. The number of hydrogen-bond acceptors (Lipinski definition) is 8. The van der Waals surface area contributed by atoms with Crippen molar-refractivity contribution in [2.45, 2.75) is 6.18 Å². The lowest BCUT2D eigenvalue weighted by molar-refractivity contribution is -0.143. The van der Waals surface area contributed by atoms with E-state index in [0.29, 0.717) is 15.6 Å². The SMILES string of the molecule is COC(=O)c1cn(-c2ncc(NC(=O)c3cnn(-c4cccc5ncccc45)c3C(F)(F)F)cc2Cl)nn1. The number of anilines is 1. The summed E-state index contributed by atoms with van der Waals surface area (Å²) < 4.78 is 48.9. The average Bonchev–Trinajstić information content (AvgIpc) is 3.56. The van der Waals surface area contributed by atoms with Gasteiger partial charge in [0.2, 0.25) is 0 Å². The summed E-state index contributed by atoms with van der Waals surface area (Å²) in [6, 6.07) is 9.11. The van der Waals surface area contributed by atoms with Crippen molar-refractivity contribution in [3.8, 4) is 11.5 Å². The minimum Gasteiger partial charge on any atom is -0.464 e. The molecule has 0 radical (unpaired) electrons. The van der Waals surface area contributed by atoms with Crippen LogP contribution in [0.1, 0.15) is 26.5 Å². The maximum Gasteiger partial charge on any atom is 0.434 e. The molecule has 0 atom stereocenters. The molecule has 0 fully saturated rings. The third-order valence-corrected chi connectivity index (χ3v) is 5.60. The van der Waals surface area contributed by atoms with Gasteiger partial charge in [0, 0.05) is 11.6 Å². The lowest BCUT2D eigenvalue weighted by Crippen LogP contribution is -2.21. The Morgan fingerprint density at radius 2 is 1.92 bits per heavy atom. The molecule has 0 spiro atoms. The fraction of sp³-hybridized carbons (Fsp3) is 0.0870. The van der Waals surface area contributed by atoms with Gasteiger partial charge in [0.25, 0.3) is 5.91 Å². The number of amides is 1. The van der Waals surface area contributed by atoms with Gasteiger partial charge in [-0.1, -0.05) is 22.9 Å². The number of pyridine rings is 2. The van der Waals surface area contributed by atoms with Crippen molar-refractivity contribution in [3.05, 3.63) is 83.2 Å². The predicted molar refractivity (Wildman–Crippen MR) is 127 cm³/mol. The van der Waals surface area contributed by atoms with Crippen molar-refractivity contribution in [1.82, 2.24) is 34.7 Å². The molecule has 0 saturated carbocycles. The molecule has 0 saturated heterocycles. The maximum absolute atomic E-state index is 14.2. The number of rotatable bonds is 5. The van der Waals surface area contributed by atoms with E-state index in [1.165, 1.54) is 31.6 Å². The van der Waals surface area contributed by atoms with Gasteiger partial charge in [-0.05, 0) is 30.3 Å². The van der Waals surface area contributed by atoms with E-state index >= 15 is 0 Å². The number of halogens is 4. The number of carbonyl (C=O) groups is 2. The topological polar surface area (TPSA) is 130 Å². The van der Waals surface area contributed by atoms with Crippen LogP contribution in [0.4, 0.5) is 18.9 Å². The first-order chi connectivity index (χ1) is 18.2. The molecule has 38 heavy (non-hydrogen) atoms. The molecule has 15 heteroatoms. The summed E-state index contributed by atoms with van der Waals surface area (Å²) in [5.41, 5.74) is -1.49. The summed E-state index contributed by atoms with van der Waals surface area (Å²) in [6.45, 7) is 0. The van der Waals surface area contributed by atoms with Crippen molar-refractivity contribution in [2.24, 2.45) is 0 Å². The molecule has 11 nitrogen and oxygen atoms in total. The Bertz CT molecular complexity index is 1690. The van der Waals surface area contributed by atoms with Gasteiger partial charge in [0.15, 0.2) is 17.2 Å². The van der Waals surface area contributed by atoms with Crippen molar-refractivity contribution < 1.29 is 27.5 Å². The van der Waals surface area contributed by atoms with Gasteiger partial charge in [0.1, 0.15) is 0 Å². The summed E-state index contributed by atoms with van der Waals surface area (Å²) in [7, 11) is 1.18. The Kier molecular flexibility index (Phi) is 6.24. The van der Waals surface area contributed by atoms with Crippen LogP contribution in [0.5, 0.6) is 0 Å². The van der Waals surface area contributed by atoms with E-state index in [1.807, 2.05) is 0 Å². The second-order valence-corrected chi connectivity index (χ2v) is 8.09. The number of methoxy groups -OCH3 is 1. The standard InChI is InChI=1S/C23H14ClF3N8O3/c1-38-22(37)17-11-34(33-32-17)20-15(24)8-12(9-29-20)31-21(36)14-10-30-35(19(14)23(25,26)27)18-6-2-5-16-13(18)4-3-7-28-16/h2-11H,1H3,(H,31,36). The minimum atomic E-state index is -4.92. The zero-order chi connectivity index (χ0) is 27.0. The normalized spacial score (nSPS) is 11.5. The number of esters is 1. The molecule has 0 aliphatic heterocycles. The monoisotopic (exact) mass is 542 g/mol. The Labute approximate surface area is 215 Å². The lowest BCUT2D eigenvalue weighted by Gasteiger charge is -2.14. The van der Waals surface area contributed by atoms with Gasteiger partial charge in [-0.25, -0.2) is 14.5 Å². The summed E-state index contributed by atoms with van der Waals surface area (Å²) in [6.07, 6.45) is -0.180. The van der Waals surface area contributed by atoms with E-state index < -0.39 is 29.3 Å². The minimum absolute atomic E-state index is 0.00675. The number of carbonyl (C=O) groups excluding carboxylic acids is 2. The van der Waals surface area contributed by atoms with Gasteiger partial charge in [-0.15, -0.1) is 5.10 Å². The summed E-state index contributed by atoms with van der Waals surface area (Å²) in [5.74, 6) is -1.75. The number of ether oxygens (including phenoxy) is 1. The third kappa shape index (κ3) is 4.52. The van der Waals surface area contributed by atoms with Crippen molar-refractivity contribution in [3.63, 3.8) is 0 Å². The fourth-order valence-electron chi connectivity index (χ4n) is 3.67. The summed E-state index contributed by atoms with van der Waals surface area (Å²) >= 11 is 6.24. The second kappa shape index (κ2) is 9.55. The number of nitrogens with zero attached hydrogens (tertiary/aromatic N) is 7. The average molecular weight is 543 g/mol. The molecular formula is C23H14ClF3N8O3. The van der Waals surface area contributed by atoms with E-state index in [2.05, 4.69) is 35.4 Å². The van der Waals surface area contributed by atoms with Crippen LogP contribution >= 0.6 is 11.6 Å². The van der Waals surface area contributed by atoms with Gasteiger partial charge < -0.3 is 10.1 Å². The smallest absolute Gasteiger partial charge is 0.434 e. The van der Waals surface area contributed by atoms with Crippen LogP contribution in [0.15, 0.2) is 61.2 Å². The van der Waals surface area contributed by atoms with Crippen LogP contribution in [-0.4, -0.2) is 53.7 Å². The zero-order valence-corrected chi connectivity index (χ0v) is 19.9. The van der Waals surface area contributed by atoms with Crippen LogP contribution in [0.3, 0.4) is 0 Å². The third-order valence-electron chi connectivity index (χ3n) is 5.32. The number of aromatic nitrogens is 7. The number of nitrogens with one attached hydrogen (secondary N) is 1. The lowest BCUT2D eigenvalue weighted by atomic mass is 10.1. The highest BCUT2D eigenvalue weighted by Gasteiger charge is 2.41. The largest absolute Gasteiger partial charge is 0.464 e. The molecule has 5 aromatic rings. The fourth-order valence-corrected chi connectivity index (χ4v) is 3.93. The van der Waals surface area contributed by atoms with Crippen LogP contribution in [0.25, 0.3) is 22.4 Å². The van der Waals surface area contributed by atoms with Crippen molar-refractivity contribution in [2.75, 3.05) is 12.4 Å². The van der Waals surface area contributed by atoms with Crippen molar-refractivity contribution >= 4 is 40.1 Å². The molecule has 0 bridgehead atoms. The van der Waals surface area contributed by atoms with E-state index in [9.17, 15) is 22.8 Å². The highest BCUT2D eigenvalue weighted by Crippen LogP contribution is 2.35. The number of alkyl halides is 3. The first-order valence-electron chi connectivity index (χ1n) is 10.6. The molecule has 1 amide bonds. The molecule has 0 unspecified atom stereocenters. The van der Waals surface area contributed by atoms with Crippen LogP contribution in [0.2, 0.25) is 5.02 Å². The molecule has 4 heterocycles. The van der Waals surface area contributed by atoms with Crippen LogP contribution in [-0.2, 0) is 10.9 Å². The molecule has 4 aromatic heterocycles. The van der Waals surface area contributed by atoms with Crippen LogP contribution in [0, 0.1) is 0 Å². The zero-order valence-electron chi connectivity index (χ0n) is 19.1. The Morgan fingerprint density at radius 3 is 2.66 bits per heavy atom. The molecule has 1 aromatic carbocycles. The highest BCUT2D eigenvalue weighted by atomic mass is 35.5. The van der Waals surface area contributed by atoms with E-state index in [1.54, 1.807) is 24.3 Å². The van der Waals surface area contributed by atoms with Gasteiger partial charge in [-0.3, -0.25) is 9.78 Å². The van der Waals surface area contributed by atoms with Crippen molar-refractivity contribution in [1.29, 1.82) is 0 Å². The van der Waals surface area contributed by atoms with E-state index in [0.717, 1.165) is 17.1 Å². The molecular weight excluding hydrogens is 529 g/mol. The molecule has 1 N–H and O–H groups in total. The van der Waals surface area contributed by atoms with Gasteiger partial charge in [-0.2, -0.15) is 23.0 Å². The highest BCUT2D eigenvalue weighted by molar-refractivity contribution is 6.32. The first kappa shape index (κ1) is 24.8. The number of benzene rings is 1. The predicted octanol–water partition coefficient (Wildman–Crippen LogP) is 4.11. The molecule has 0 aliphatic carbocycles. The molecule has 192 valence electrons. The summed E-state index contributed by atoms with van der Waals surface area (Å²) in [5, 5.41) is 14.0. The first-order valence-corrected chi connectivity index (χ1v) is 11.0. The van der Waals surface area contributed by atoms with E-state index in [4.69, 9.17) is 11.6 Å². The second-order valence-electron chi connectivity index (χ2n) is 7.69. The van der Waals surface area contributed by atoms with Crippen LogP contribution < -0.4 is 5.32 Å². The summed E-state index contributed by atoms with van der Waals surface area (Å²) in [4.78, 5) is 32.7. The van der Waals surface area contributed by atoms with E-state index in [-0.39, 0.29) is 27.9 Å². The number of hydrogen-bond donors (Lipinski definition) is 1. The van der Waals surface area contributed by atoms with Gasteiger partial charge >= 0.3 is 12.1 Å². The molecule has 0 aliphatic rings. The Morgan fingerprint density at radius 1 is 1.11 bits per heavy atom. The maximum atomic E-state index is 14.2. The Balaban J connectivity index is 1.47. The quantitative estimate of drug-likeness (QED) is 0.328.